The molecule has 0 unspecified atom stereocenters. The molecule has 1 aliphatic heterocycles. The van der Waals surface area contributed by atoms with Gasteiger partial charge in [-0.15, -0.1) is 0 Å². The number of phenols is 1. The first-order chi connectivity index (χ1) is 11.5. The van der Waals surface area contributed by atoms with E-state index in [0.717, 1.165) is 17.2 Å². The maximum Gasteiger partial charge on any atom is 0.257 e. The lowest BCUT2D eigenvalue weighted by Crippen LogP contribution is -2.33. The first kappa shape index (κ1) is 16.2. The van der Waals surface area contributed by atoms with Crippen LogP contribution in [-0.4, -0.2) is 34.8 Å². The summed E-state index contributed by atoms with van der Waals surface area (Å²) in [5, 5.41) is 9.81. The van der Waals surface area contributed by atoms with Crippen LogP contribution in [0.15, 0.2) is 36.4 Å². The van der Waals surface area contributed by atoms with Gasteiger partial charge in [0.25, 0.3) is 5.91 Å². The number of fused-ring (bicyclic) bond motifs is 1. The third-order valence-electron chi connectivity index (χ3n) is 4.39. The predicted octanol–water partition coefficient (Wildman–Crippen LogP) is 2.97. The third-order valence-corrected chi connectivity index (χ3v) is 4.39. The lowest BCUT2D eigenvalue weighted by Gasteiger charge is -2.20. The smallest absolute Gasteiger partial charge is 0.257 e. The first-order valence-electron chi connectivity index (χ1n) is 7.86. The minimum Gasteiger partial charge on any atom is -0.507 e. The lowest BCUT2D eigenvalue weighted by molar-refractivity contribution is 0.0759. The van der Waals surface area contributed by atoms with Crippen molar-refractivity contribution in [3.8, 4) is 5.75 Å². The van der Waals surface area contributed by atoms with Crippen molar-refractivity contribution >= 4 is 11.7 Å². The van der Waals surface area contributed by atoms with Crippen LogP contribution in [0.25, 0.3) is 0 Å². The van der Waals surface area contributed by atoms with Crippen molar-refractivity contribution in [1.29, 1.82) is 0 Å². The average Bonchev–Trinajstić information content (AvgIpc) is 2.76. The van der Waals surface area contributed by atoms with E-state index in [-0.39, 0.29) is 23.0 Å². The van der Waals surface area contributed by atoms with Gasteiger partial charge in [0.2, 0.25) is 0 Å². The summed E-state index contributed by atoms with van der Waals surface area (Å²) >= 11 is 0. The summed E-state index contributed by atoms with van der Waals surface area (Å²) in [5.41, 5.74) is 2.97. The van der Waals surface area contributed by atoms with Crippen LogP contribution in [0, 0.1) is 5.82 Å². The van der Waals surface area contributed by atoms with Crippen LogP contribution >= 0.6 is 0 Å². The topological polar surface area (TPSA) is 57.6 Å². The number of carbonyl (C=O) groups excluding carboxylic acids is 2. The summed E-state index contributed by atoms with van der Waals surface area (Å²) in [6, 6.07) is 9.05. The van der Waals surface area contributed by atoms with Crippen molar-refractivity contribution < 1.29 is 19.1 Å². The standard InChI is InChI=1S/C19H18FNO3/c1-12(22)14-3-2-13-6-8-21(9-7-15(13)10-14)19(24)17-5-4-16(20)11-18(17)23/h2-5,10-11,23H,6-9H2,1H3. The fourth-order valence-corrected chi connectivity index (χ4v) is 3.00. The van der Waals surface area contributed by atoms with Gasteiger partial charge in [0.05, 0.1) is 5.56 Å². The molecule has 0 saturated heterocycles. The zero-order valence-electron chi connectivity index (χ0n) is 13.4. The molecule has 2 aromatic rings. The molecule has 0 radical (unpaired) electrons. The highest BCUT2D eigenvalue weighted by atomic mass is 19.1. The third kappa shape index (κ3) is 3.15. The molecule has 5 heteroatoms. The van der Waals surface area contributed by atoms with E-state index in [9.17, 15) is 19.1 Å². The van der Waals surface area contributed by atoms with Crippen molar-refractivity contribution in [2.24, 2.45) is 0 Å². The fraction of sp³-hybridized carbons (Fsp3) is 0.263. The molecule has 0 atom stereocenters. The van der Waals surface area contributed by atoms with Crippen molar-refractivity contribution in [2.75, 3.05) is 13.1 Å². The number of hydrogen-bond donors (Lipinski definition) is 1. The van der Waals surface area contributed by atoms with Crippen LogP contribution in [0.4, 0.5) is 4.39 Å². The van der Waals surface area contributed by atoms with Gasteiger partial charge in [0.1, 0.15) is 11.6 Å². The summed E-state index contributed by atoms with van der Waals surface area (Å²) in [5.74, 6) is -1.22. The van der Waals surface area contributed by atoms with Crippen LogP contribution < -0.4 is 0 Å². The Hall–Kier alpha value is -2.69. The van der Waals surface area contributed by atoms with Crippen molar-refractivity contribution in [3.05, 3.63) is 64.5 Å². The Balaban J connectivity index is 1.81. The quantitative estimate of drug-likeness (QED) is 0.863. The second-order valence-corrected chi connectivity index (χ2v) is 5.99. The average molecular weight is 327 g/mol. The molecule has 4 nitrogen and oxygen atoms in total. The Morgan fingerprint density at radius 2 is 1.75 bits per heavy atom. The fourth-order valence-electron chi connectivity index (χ4n) is 3.00. The number of rotatable bonds is 2. The molecule has 1 heterocycles. The van der Waals surface area contributed by atoms with Crippen molar-refractivity contribution in [1.82, 2.24) is 4.90 Å². The van der Waals surface area contributed by atoms with E-state index in [2.05, 4.69) is 0 Å². The SMILES string of the molecule is CC(=O)c1ccc2c(c1)CCN(C(=O)c1ccc(F)cc1O)CC2. The normalized spacial score (nSPS) is 14.0. The molecule has 0 bridgehead atoms. The summed E-state index contributed by atoms with van der Waals surface area (Å²) in [6.45, 7) is 2.54. The van der Waals surface area contributed by atoms with Gasteiger partial charge in [-0.3, -0.25) is 9.59 Å². The minimum absolute atomic E-state index is 0.0196. The number of carbonyl (C=O) groups is 2. The number of halogens is 1. The number of nitrogens with zero attached hydrogens (tertiary/aromatic N) is 1. The van der Waals surface area contributed by atoms with Crippen LogP contribution in [0.3, 0.4) is 0 Å². The lowest BCUT2D eigenvalue weighted by atomic mass is 9.99. The minimum atomic E-state index is -0.580. The number of ketones is 1. The molecule has 124 valence electrons. The summed E-state index contributed by atoms with van der Waals surface area (Å²) in [7, 11) is 0. The van der Waals surface area contributed by atoms with Gasteiger partial charge in [-0.25, -0.2) is 4.39 Å². The molecule has 0 saturated carbocycles. The Bertz CT molecular complexity index is 816. The molecule has 0 aromatic heterocycles. The second-order valence-electron chi connectivity index (χ2n) is 5.99. The number of aromatic hydroxyl groups is 1. The van der Waals surface area contributed by atoms with Crippen LogP contribution in [0.5, 0.6) is 5.75 Å². The summed E-state index contributed by atoms with van der Waals surface area (Å²) < 4.78 is 13.1. The largest absolute Gasteiger partial charge is 0.507 e. The zero-order valence-corrected chi connectivity index (χ0v) is 13.4. The Morgan fingerprint density at radius 3 is 2.42 bits per heavy atom. The van der Waals surface area contributed by atoms with Crippen molar-refractivity contribution in [2.45, 2.75) is 19.8 Å². The molecule has 2 aromatic carbocycles. The Morgan fingerprint density at radius 1 is 1.04 bits per heavy atom. The molecule has 24 heavy (non-hydrogen) atoms. The highest BCUT2D eigenvalue weighted by molar-refractivity contribution is 5.97. The highest BCUT2D eigenvalue weighted by Crippen LogP contribution is 2.23. The van der Waals surface area contributed by atoms with Gasteiger partial charge in [0, 0.05) is 24.7 Å². The van der Waals surface area contributed by atoms with Gasteiger partial charge >= 0.3 is 0 Å². The number of hydrogen-bond acceptors (Lipinski definition) is 3. The van der Waals surface area contributed by atoms with E-state index in [1.54, 1.807) is 4.90 Å². The number of benzene rings is 2. The molecule has 0 aliphatic carbocycles. The summed E-state index contributed by atoms with van der Waals surface area (Å²) in [6.07, 6.45) is 1.32. The monoisotopic (exact) mass is 327 g/mol. The van der Waals surface area contributed by atoms with E-state index >= 15 is 0 Å². The first-order valence-corrected chi connectivity index (χ1v) is 7.86. The van der Waals surface area contributed by atoms with Gasteiger partial charge < -0.3 is 10.0 Å². The predicted molar refractivity (Wildman–Crippen MR) is 87.8 cm³/mol. The summed E-state index contributed by atoms with van der Waals surface area (Å²) in [4.78, 5) is 25.8. The highest BCUT2D eigenvalue weighted by Gasteiger charge is 2.22. The molecule has 1 amide bonds. The molecular formula is C19H18FNO3. The molecule has 0 fully saturated rings. The number of amides is 1. The van der Waals surface area contributed by atoms with Crippen LogP contribution in [0.2, 0.25) is 0 Å². The molecule has 1 aliphatic rings. The maximum absolute atomic E-state index is 13.1. The number of Topliss-reactive ketones (excluding diaryl/α,β-unsaturated/α-hetero) is 1. The molecule has 0 spiro atoms. The van der Waals surface area contributed by atoms with Crippen LogP contribution in [-0.2, 0) is 12.8 Å². The Labute approximate surface area is 139 Å². The van der Waals surface area contributed by atoms with Gasteiger partial charge in [-0.05, 0) is 49.1 Å². The van der Waals surface area contributed by atoms with E-state index in [1.165, 1.54) is 19.1 Å². The van der Waals surface area contributed by atoms with Gasteiger partial charge in [0.15, 0.2) is 5.78 Å². The van der Waals surface area contributed by atoms with E-state index in [4.69, 9.17) is 0 Å². The molecule has 1 N–H and O–H groups in total. The van der Waals surface area contributed by atoms with E-state index < -0.39 is 5.82 Å². The van der Waals surface area contributed by atoms with Gasteiger partial charge in [-0.1, -0.05) is 12.1 Å². The molecule has 3 rings (SSSR count). The Kier molecular flexibility index (Phi) is 4.34. The second kappa shape index (κ2) is 6.43. The van der Waals surface area contributed by atoms with E-state index in [1.807, 2.05) is 18.2 Å². The van der Waals surface area contributed by atoms with E-state index in [0.29, 0.717) is 31.5 Å². The molecular weight excluding hydrogens is 309 g/mol. The zero-order chi connectivity index (χ0) is 17.3. The van der Waals surface area contributed by atoms with Gasteiger partial charge in [-0.2, -0.15) is 0 Å². The van der Waals surface area contributed by atoms with Crippen molar-refractivity contribution in [3.63, 3.8) is 0 Å². The number of phenolic OH excluding ortho intramolecular Hbond substituents is 1. The van der Waals surface area contributed by atoms with Crippen LogP contribution in [0.1, 0.15) is 38.8 Å². The maximum atomic E-state index is 13.1.